The van der Waals surface area contributed by atoms with Gasteiger partial charge in [-0.25, -0.2) is 4.98 Å². The van der Waals surface area contributed by atoms with Gasteiger partial charge in [0.15, 0.2) is 0 Å². The van der Waals surface area contributed by atoms with E-state index in [1.807, 2.05) is 0 Å². The van der Waals surface area contributed by atoms with Gasteiger partial charge < -0.3 is 15.6 Å². The highest BCUT2D eigenvalue weighted by Crippen LogP contribution is 2.20. The molecule has 0 unspecified atom stereocenters. The zero-order valence-corrected chi connectivity index (χ0v) is 11.8. The second kappa shape index (κ2) is 5.96. The van der Waals surface area contributed by atoms with Crippen molar-refractivity contribution in [2.24, 2.45) is 0 Å². The van der Waals surface area contributed by atoms with E-state index in [9.17, 15) is 4.79 Å². The van der Waals surface area contributed by atoms with E-state index in [0.29, 0.717) is 11.3 Å². The molecule has 1 aromatic heterocycles. The first-order chi connectivity index (χ1) is 9.24. The average Bonchev–Trinajstić information content (AvgIpc) is 2.82. The molecule has 1 aliphatic heterocycles. The van der Waals surface area contributed by atoms with Crippen molar-refractivity contribution in [2.75, 3.05) is 11.1 Å². The number of aromatic nitrogens is 2. The number of nitrogens with zero attached hydrogens (tertiary/aromatic N) is 2. The Kier molecular flexibility index (Phi) is 4.29. The number of hydrogen-bond donors (Lipinski definition) is 2. The predicted octanol–water partition coefficient (Wildman–Crippen LogP) is 2.48. The van der Waals surface area contributed by atoms with Crippen LogP contribution in [-0.4, -0.2) is 15.5 Å². The van der Waals surface area contributed by atoms with Crippen LogP contribution in [0.25, 0.3) is 0 Å². The van der Waals surface area contributed by atoms with E-state index in [4.69, 9.17) is 5.73 Å². The number of carbonyl (C=O) groups is 1. The number of benzene rings is 1. The highest BCUT2D eigenvalue weighted by Gasteiger charge is 2.16. The topological polar surface area (TPSA) is 72.9 Å². The molecule has 6 heteroatoms. The number of nitrogen functional groups attached to an aromatic ring is 1. The highest BCUT2D eigenvalue weighted by atomic mass is 35.5. The fourth-order valence-corrected chi connectivity index (χ4v) is 2.38. The van der Waals surface area contributed by atoms with Crippen LogP contribution in [0.3, 0.4) is 0 Å². The van der Waals surface area contributed by atoms with Gasteiger partial charge in [-0.15, -0.1) is 12.4 Å². The van der Waals surface area contributed by atoms with Crippen molar-refractivity contribution in [3.8, 4) is 0 Å². The number of fused-ring (bicyclic) bond motifs is 1. The van der Waals surface area contributed by atoms with Crippen molar-refractivity contribution in [2.45, 2.75) is 25.8 Å². The number of amides is 1. The Morgan fingerprint density at radius 2 is 2.20 bits per heavy atom. The number of carbonyl (C=O) groups excluding carboxylic acids is 1. The summed E-state index contributed by atoms with van der Waals surface area (Å²) in [6.07, 6.45) is 5.00. The first-order valence-electron chi connectivity index (χ1n) is 6.45. The van der Waals surface area contributed by atoms with Gasteiger partial charge in [0, 0.05) is 24.2 Å². The van der Waals surface area contributed by atoms with E-state index in [-0.39, 0.29) is 18.3 Å². The fraction of sp³-hybridized carbons (Fsp3) is 0.286. The Morgan fingerprint density at radius 3 is 3.00 bits per heavy atom. The standard InChI is InChI=1S/C14H16N4O.ClH/c15-11-5-3-4-10(8-11)14(19)17-13-9-16-12-6-1-2-7-18(12)13;/h3-5,8-9H,1-2,6-7,15H2,(H,17,19);1H. The van der Waals surface area contributed by atoms with Gasteiger partial charge in [0.05, 0.1) is 6.20 Å². The Bertz CT molecular complexity index is 623. The summed E-state index contributed by atoms with van der Waals surface area (Å²) in [6, 6.07) is 6.95. The summed E-state index contributed by atoms with van der Waals surface area (Å²) in [4.78, 5) is 16.5. The van der Waals surface area contributed by atoms with Gasteiger partial charge in [0.1, 0.15) is 11.6 Å². The molecule has 1 aromatic carbocycles. The van der Waals surface area contributed by atoms with Gasteiger partial charge in [-0.05, 0) is 31.0 Å². The lowest BCUT2D eigenvalue weighted by molar-refractivity contribution is 0.102. The third-order valence-corrected chi connectivity index (χ3v) is 3.36. The molecule has 1 amide bonds. The lowest BCUT2D eigenvalue weighted by atomic mass is 10.2. The van der Waals surface area contributed by atoms with Crippen LogP contribution in [0, 0.1) is 0 Å². The summed E-state index contributed by atoms with van der Waals surface area (Å²) in [5.41, 5.74) is 6.83. The molecule has 0 spiro atoms. The van der Waals surface area contributed by atoms with Gasteiger partial charge in [-0.2, -0.15) is 0 Å². The quantitative estimate of drug-likeness (QED) is 0.835. The van der Waals surface area contributed by atoms with E-state index in [1.165, 1.54) is 6.42 Å². The Morgan fingerprint density at radius 1 is 1.35 bits per heavy atom. The largest absolute Gasteiger partial charge is 0.399 e. The van der Waals surface area contributed by atoms with E-state index >= 15 is 0 Å². The normalized spacial score (nSPS) is 13.2. The Hall–Kier alpha value is -2.01. The lowest BCUT2D eigenvalue weighted by Gasteiger charge is -2.16. The molecule has 0 atom stereocenters. The monoisotopic (exact) mass is 292 g/mol. The van der Waals surface area contributed by atoms with Gasteiger partial charge in [-0.1, -0.05) is 6.07 Å². The summed E-state index contributed by atoms with van der Waals surface area (Å²) >= 11 is 0. The second-order valence-electron chi connectivity index (χ2n) is 4.75. The van der Waals surface area contributed by atoms with Crippen LogP contribution in [0.2, 0.25) is 0 Å². The minimum Gasteiger partial charge on any atom is -0.399 e. The number of imidazole rings is 1. The van der Waals surface area contributed by atoms with Crippen LogP contribution in [0.1, 0.15) is 29.0 Å². The van der Waals surface area contributed by atoms with Crippen LogP contribution in [-0.2, 0) is 13.0 Å². The molecule has 0 aliphatic carbocycles. The smallest absolute Gasteiger partial charge is 0.256 e. The van der Waals surface area contributed by atoms with Crippen molar-refractivity contribution < 1.29 is 4.79 Å². The molecule has 0 fully saturated rings. The van der Waals surface area contributed by atoms with Crippen molar-refractivity contribution >= 4 is 29.8 Å². The molecule has 3 rings (SSSR count). The number of anilines is 2. The molecular weight excluding hydrogens is 276 g/mol. The fourth-order valence-electron chi connectivity index (χ4n) is 2.38. The third-order valence-electron chi connectivity index (χ3n) is 3.36. The van der Waals surface area contributed by atoms with E-state index in [2.05, 4.69) is 14.9 Å². The zero-order chi connectivity index (χ0) is 13.2. The number of nitrogens with one attached hydrogen (secondary N) is 1. The van der Waals surface area contributed by atoms with Gasteiger partial charge in [0.2, 0.25) is 0 Å². The summed E-state index contributed by atoms with van der Waals surface area (Å²) in [6.45, 7) is 0.919. The second-order valence-corrected chi connectivity index (χ2v) is 4.75. The SMILES string of the molecule is Cl.Nc1cccc(C(=O)Nc2cnc3n2CCCC3)c1. The maximum atomic E-state index is 12.1. The molecule has 0 bridgehead atoms. The third kappa shape index (κ3) is 2.77. The molecule has 0 saturated heterocycles. The molecule has 1 aliphatic rings. The molecule has 2 aromatic rings. The summed E-state index contributed by atoms with van der Waals surface area (Å²) in [5.74, 6) is 1.66. The zero-order valence-electron chi connectivity index (χ0n) is 11.0. The van der Waals surface area contributed by atoms with Gasteiger partial charge in [0.25, 0.3) is 5.91 Å². The molecule has 3 N–H and O–H groups in total. The van der Waals surface area contributed by atoms with Crippen LogP contribution in [0.4, 0.5) is 11.5 Å². The van der Waals surface area contributed by atoms with Crippen molar-refractivity contribution in [3.05, 3.63) is 41.9 Å². The molecule has 20 heavy (non-hydrogen) atoms. The molecule has 0 saturated carbocycles. The van der Waals surface area contributed by atoms with Crippen molar-refractivity contribution in [3.63, 3.8) is 0 Å². The lowest BCUT2D eigenvalue weighted by Crippen LogP contribution is -2.18. The molecule has 2 heterocycles. The number of rotatable bonds is 2. The molecule has 0 radical (unpaired) electrons. The maximum Gasteiger partial charge on any atom is 0.256 e. The summed E-state index contributed by atoms with van der Waals surface area (Å²) < 4.78 is 2.08. The number of nitrogens with two attached hydrogens (primary N) is 1. The Balaban J connectivity index is 0.00000147. The molecule has 106 valence electrons. The summed E-state index contributed by atoms with van der Waals surface area (Å²) in [7, 11) is 0. The number of halogens is 1. The van der Waals surface area contributed by atoms with Crippen LogP contribution in [0.5, 0.6) is 0 Å². The van der Waals surface area contributed by atoms with Gasteiger partial charge in [-0.3, -0.25) is 4.79 Å². The van der Waals surface area contributed by atoms with Gasteiger partial charge >= 0.3 is 0 Å². The first-order valence-corrected chi connectivity index (χ1v) is 6.45. The highest BCUT2D eigenvalue weighted by molar-refractivity contribution is 6.04. The van der Waals surface area contributed by atoms with Crippen molar-refractivity contribution in [1.29, 1.82) is 0 Å². The minimum absolute atomic E-state index is 0. The maximum absolute atomic E-state index is 12.1. The predicted molar refractivity (Wildman–Crippen MR) is 81.2 cm³/mol. The number of hydrogen-bond acceptors (Lipinski definition) is 3. The van der Waals surface area contributed by atoms with Crippen LogP contribution < -0.4 is 11.1 Å². The molecular formula is C14H17ClN4O. The molecule has 5 nitrogen and oxygen atoms in total. The Labute approximate surface area is 123 Å². The van der Waals surface area contributed by atoms with E-state index < -0.39 is 0 Å². The number of aryl methyl sites for hydroxylation is 1. The van der Waals surface area contributed by atoms with Crippen molar-refractivity contribution in [1.82, 2.24) is 9.55 Å². The van der Waals surface area contributed by atoms with Crippen LogP contribution in [0.15, 0.2) is 30.5 Å². The van der Waals surface area contributed by atoms with Crippen LogP contribution >= 0.6 is 12.4 Å². The summed E-state index contributed by atoms with van der Waals surface area (Å²) in [5, 5.41) is 2.90. The van der Waals surface area contributed by atoms with E-state index in [1.54, 1.807) is 30.5 Å². The first kappa shape index (κ1) is 14.4. The van der Waals surface area contributed by atoms with E-state index in [0.717, 1.165) is 31.0 Å². The average molecular weight is 293 g/mol. The minimum atomic E-state index is -0.152.